The van der Waals surface area contributed by atoms with Crippen LogP contribution in [0.1, 0.15) is 46.5 Å². The fourth-order valence-corrected chi connectivity index (χ4v) is 1.50. The van der Waals surface area contributed by atoms with E-state index in [4.69, 9.17) is 0 Å². The van der Waals surface area contributed by atoms with Crippen LogP contribution in [0.4, 0.5) is 0 Å². The highest BCUT2D eigenvalue weighted by Crippen LogP contribution is 2.32. The van der Waals surface area contributed by atoms with Crippen molar-refractivity contribution in [3.05, 3.63) is 11.6 Å². The van der Waals surface area contributed by atoms with Crippen LogP contribution >= 0.6 is 0 Å². The number of hydrogen-bond acceptors (Lipinski definition) is 0. The van der Waals surface area contributed by atoms with Crippen molar-refractivity contribution in [1.82, 2.24) is 0 Å². The normalized spacial score (nSPS) is 25.3. The smallest absolute Gasteiger partial charge is 0.0296 e. The summed E-state index contributed by atoms with van der Waals surface area (Å²) in [5.41, 5.74) is 2.16. The predicted molar refractivity (Wildman–Crippen MR) is 46.0 cm³/mol. The first-order chi connectivity index (χ1) is 4.60. The topological polar surface area (TPSA) is 0 Å². The minimum atomic E-state index is 0.567. The van der Waals surface area contributed by atoms with Gasteiger partial charge in [-0.3, -0.25) is 0 Å². The van der Waals surface area contributed by atoms with E-state index in [-0.39, 0.29) is 0 Å². The Balaban J connectivity index is 2.57. The highest BCUT2D eigenvalue weighted by molar-refractivity contribution is 5.02. The Morgan fingerprint density at radius 1 is 1.40 bits per heavy atom. The lowest BCUT2D eigenvalue weighted by atomic mass is 9.86. The van der Waals surface area contributed by atoms with E-state index in [0.29, 0.717) is 5.41 Å². The lowest BCUT2D eigenvalue weighted by Gasteiger charge is -2.20. The van der Waals surface area contributed by atoms with Crippen molar-refractivity contribution in [2.24, 2.45) is 5.41 Å². The standard InChI is InChI=1S/C10H18/c1-9-5-4-7-10(2,3)8-6-9/h6H,4-5,7-8H2,1-3H3. The quantitative estimate of drug-likeness (QED) is 0.449. The second kappa shape index (κ2) is 2.77. The van der Waals surface area contributed by atoms with Gasteiger partial charge in [-0.15, -0.1) is 0 Å². The fourth-order valence-electron chi connectivity index (χ4n) is 1.50. The molecule has 0 aromatic heterocycles. The monoisotopic (exact) mass is 138 g/mol. The molecule has 0 heterocycles. The van der Waals surface area contributed by atoms with E-state index in [0.717, 1.165) is 0 Å². The van der Waals surface area contributed by atoms with Crippen molar-refractivity contribution in [3.8, 4) is 0 Å². The SMILES string of the molecule is CC1=CCC(C)(C)CCC1. The Kier molecular flexibility index (Phi) is 2.18. The summed E-state index contributed by atoms with van der Waals surface area (Å²) in [6, 6.07) is 0. The molecular weight excluding hydrogens is 120 g/mol. The largest absolute Gasteiger partial charge is 0.0851 e. The van der Waals surface area contributed by atoms with Crippen LogP contribution in [-0.2, 0) is 0 Å². The van der Waals surface area contributed by atoms with Crippen LogP contribution in [0.2, 0.25) is 0 Å². The van der Waals surface area contributed by atoms with Crippen molar-refractivity contribution in [1.29, 1.82) is 0 Å². The van der Waals surface area contributed by atoms with Gasteiger partial charge in [0.1, 0.15) is 0 Å². The molecule has 0 nitrogen and oxygen atoms in total. The van der Waals surface area contributed by atoms with Crippen LogP contribution in [0.25, 0.3) is 0 Å². The Bertz CT molecular complexity index is 140. The van der Waals surface area contributed by atoms with Gasteiger partial charge in [0.15, 0.2) is 0 Å². The molecule has 0 bridgehead atoms. The maximum Gasteiger partial charge on any atom is -0.0296 e. The van der Waals surface area contributed by atoms with Gasteiger partial charge in [-0.05, 0) is 38.0 Å². The van der Waals surface area contributed by atoms with Gasteiger partial charge in [0.25, 0.3) is 0 Å². The van der Waals surface area contributed by atoms with E-state index < -0.39 is 0 Å². The van der Waals surface area contributed by atoms with Crippen molar-refractivity contribution >= 4 is 0 Å². The van der Waals surface area contributed by atoms with E-state index in [1.54, 1.807) is 5.57 Å². The first-order valence-electron chi connectivity index (χ1n) is 4.26. The molecule has 0 fully saturated rings. The Morgan fingerprint density at radius 2 is 2.10 bits per heavy atom. The summed E-state index contributed by atoms with van der Waals surface area (Å²) in [6.07, 6.45) is 7.78. The molecule has 58 valence electrons. The van der Waals surface area contributed by atoms with Crippen LogP contribution < -0.4 is 0 Å². The molecule has 0 saturated carbocycles. The Hall–Kier alpha value is -0.260. The summed E-state index contributed by atoms with van der Waals surface area (Å²) in [7, 11) is 0. The van der Waals surface area contributed by atoms with Crippen molar-refractivity contribution in [3.63, 3.8) is 0 Å². The van der Waals surface area contributed by atoms with Gasteiger partial charge in [-0.1, -0.05) is 25.5 Å². The second-order valence-electron chi connectivity index (χ2n) is 4.27. The molecule has 0 atom stereocenters. The molecule has 0 heteroatoms. The first-order valence-corrected chi connectivity index (χ1v) is 4.26. The molecule has 10 heavy (non-hydrogen) atoms. The van der Waals surface area contributed by atoms with Gasteiger partial charge in [-0.25, -0.2) is 0 Å². The molecule has 0 unspecified atom stereocenters. The Labute approximate surface area is 64.3 Å². The van der Waals surface area contributed by atoms with Crippen LogP contribution in [0.3, 0.4) is 0 Å². The van der Waals surface area contributed by atoms with E-state index in [2.05, 4.69) is 26.8 Å². The zero-order valence-corrected chi connectivity index (χ0v) is 7.41. The molecule has 0 saturated heterocycles. The third-order valence-electron chi connectivity index (χ3n) is 2.43. The van der Waals surface area contributed by atoms with E-state index in [9.17, 15) is 0 Å². The van der Waals surface area contributed by atoms with Crippen LogP contribution in [0.15, 0.2) is 11.6 Å². The molecule has 0 radical (unpaired) electrons. The number of rotatable bonds is 0. The van der Waals surface area contributed by atoms with E-state index in [1.165, 1.54) is 25.7 Å². The molecule has 0 N–H and O–H groups in total. The van der Waals surface area contributed by atoms with Gasteiger partial charge in [-0.2, -0.15) is 0 Å². The maximum atomic E-state index is 2.41. The summed E-state index contributed by atoms with van der Waals surface area (Å²) in [5, 5.41) is 0. The Morgan fingerprint density at radius 3 is 2.80 bits per heavy atom. The third kappa shape index (κ3) is 2.17. The van der Waals surface area contributed by atoms with Gasteiger partial charge in [0.2, 0.25) is 0 Å². The summed E-state index contributed by atoms with van der Waals surface area (Å²) in [5.74, 6) is 0. The van der Waals surface area contributed by atoms with Crippen LogP contribution in [0, 0.1) is 5.41 Å². The number of hydrogen-bond donors (Lipinski definition) is 0. The first kappa shape index (κ1) is 7.84. The molecule has 0 spiro atoms. The molecule has 0 amide bonds. The average Bonchev–Trinajstić information content (AvgIpc) is 1.94. The van der Waals surface area contributed by atoms with Gasteiger partial charge < -0.3 is 0 Å². The maximum absolute atomic E-state index is 2.41. The minimum absolute atomic E-state index is 0.567. The molecule has 1 aliphatic carbocycles. The minimum Gasteiger partial charge on any atom is -0.0851 e. The van der Waals surface area contributed by atoms with Gasteiger partial charge in [0, 0.05) is 0 Å². The van der Waals surface area contributed by atoms with Crippen molar-refractivity contribution in [2.45, 2.75) is 46.5 Å². The summed E-state index contributed by atoms with van der Waals surface area (Å²) in [4.78, 5) is 0. The zero-order valence-electron chi connectivity index (χ0n) is 7.41. The third-order valence-corrected chi connectivity index (χ3v) is 2.43. The molecule has 0 aromatic carbocycles. The molecule has 0 aliphatic heterocycles. The van der Waals surface area contributed by atoms with Crippen LogP contribution in [-0.4, -0.2) is 0 Å². The summed E-state index contributed by atoms with van der Waals surface area (Å²) in [6.45, 7) is 6.98. The van der Waals surface area contributed by atoms with E-state index >= 15 is 0 Å². The predicted octanol–water partition coefficient (Wildman–Crippen LogP) is 3.53. The molecule has 0 aromatic rings. The van der Waals surface area contributed by atoms with Crippen LogP contribution in [0.5, 0.6) is 0 Å². The second-order valence-corrected chi connectivity index (χ2v) is 4.27. The molecule has 1 rings (SSSR count). The molecule has 1 aliphatic rings. The van der Waals surface area contributed by atoms with Gasteiger partial charge >= 0.3 is 0 Å². The summed E-state index contributed by atoms with van der Waals surface area (Å²) < 4.78 is 0. The summed E-state index contributed by atoms with van der Waals surface area (Å²) >= 11 is 0. The lowest BCUT2D eigenvalue weighted by Crippen LogP contribution is -2.07. The van der Waals surface area contributed by atoms with E-state index in [1.807, 2.05) is 0 Å². The van der Waals surface area contributed by atoms with Crippen molar-refractivity contribution in [2.75, 3.05) is 0 Å². The molecular formula is C10H18. The lowest BCUT2D eigenvalue weighted by molar-refractivity contribution is 0.337. The average molecular weight is 138 g/mol. The highest BCUT2D eigenvalue weighted by Gasteiger charge is 2.17. The highest BCUT2D eigenvalue weighted by atomic mass is 14.2. The zero-order chi connectivity index (χ0) is 7.61. The van der Waals surface area contributed by atoms with Crippen molar-refractivity contribution < 1.29 is 0 Å². The number of allylic oxidation sites excluding steroid dienone is 2. The fraction of sp³-hybridized carbons (Fsp3) is 0.800. The van der Waals surface area contributed by atoms with Gasteiger partial charge in [0.05, 0.1) is 0 Å².